The second kappa shape index (κ2) is 9.40. The van der Waals surface area contributed by atoms with E-state index in [1.54, 1.807) is 38.1 Å². The predicted octanol–water partition coefficient (Wildman–Crippen LogP) is 4.78. The number of allylic oxidation sites excluding steroid dienone is 2. The fourth-order valence-electron chi connectivity index (χ4n) is 3.82. The second-order valence-corrected chi connectivity index (χ2v) is 7.46. The minimum Gasteiger partial charge on any atom is -0.489 e. The smallest absolute Gasteiger partial charge is 0.416 e. The van der Waals surface area contributed by atoms with Crippen LogP contribution in [0.4, 0.5) is 13.2 Å². The number of hydrogen-bond donors (Lipinski definition) is 2. The maximum atomic E-state index is 13.0. The summed E-state index contributed by atoms with van der Waals surface area (Å²) in [6.07, 6.45) is -4.49. The number of carbonyl (C=O) groups is 2. The van der Waals surface area contributed by atoms with Crippen LogP contribution >= 0.6 is 0 Å². The molecule has 1 atom stereocenters. The van der Waals surface area contributed by atoms with E-state index >= 15 is 0 Å². The van der Waals surface area contributed by atoms with E-state index in [0.717, 1.165) is 12.1 Å². The van der Waals surface area contributed by atoms with Crippen molar-refractivity contribution in [3.63, 3.8) is 0 Å². The average molecular weight is 461 g/mol. The molecule has 0 fully saturated rings. The van der Waals surface area contributed by atoms with Crippen LogP contribution in [-0.2, 0) is 27.1 Å². The molecule has 2 N–H and O–H groups in total. The molecule has 0 bridgehead atoms. The van der Waals surface area contributed by atoms with Gasteiger partial charge in [0.2, 0.25) is 0 Å². The summed E-state index contributed by atoms with van der Waals surface area (Å²) in [5, 5.41) is 12.8. The number of carboxylic acids is 1. The topological polar surface area (TPSA) is 84.9 Å². The molecule has 0 spiro atoms. The third-order valence-corrected chi connectivity index (χ3v) is 5.27. The molecule has 2 aromatic rings. The lowest BCUT2D eigenvalue weighted by Crippen LogP contribution is -2.31. The van der Waals surface area contributed by atoms with Gasteiger partial charge in [0.1, 0.15) is 12.4 Å². The van der Waals surface area contributed by atoms with Crippen LogP contribution in [0.2, 0.25) is 0 Å². The first-order valence-corrected chi connectivity index (χ1v) is 9.92. The van der Waals surface area contributed by atoms with Crippen LogP contribution in [0, 0.1) is 0 Å². The van der Waals surface area contributed by atoms with Crippen molar-refractivity contribution in [2.75, 3.05) is 7.11 Å². The van der Waals surface area contributed by atoms with Gasteiger partial charge in [-0.1, -0.05) is 30.3 Å². The number of rotatable bonds is 6. The van der Waals surface area contributed by atoms with E-state index in [0.29, 0.717) is 17.0 Å². The van der Waals surface area contributed by atoms with Crippen molar-refractivity contribution in [2.24, 2.45) is 0 Å². The molecule has 0 aliphatic carbocycles. The minimum atomic E-state index is -4.49. The molecule has 0 radical (unpaired) electrons. The Kier molecular flexibility index (Phi) is 6.81. The number of dihydropyridines is 1. The molecule has 2 aromatic carbocycles. The molecule has 6 nitrogen and oxygen atoms in total. The van der Waals surface area contributed by atoms with Gasteiger partial charge in [0.15, 0.2) is 0 Å². The van der Waals surface area contributed by atoms with Gasteiger partial charge in [-0.3, -0.25) is 0 Å². The number of nitrogens with one attached hydrogen (secondary N) is 1. The van der Waals surface area contributed by atoms with Gasteiger partial charge in [-0.25, -0.2) is 9.59 Å². The van der Waals surface area contributed by atoms with Crippen molar-refractivity contribution in [1.29, 1.82) is 0 Å². The fraction of sp³-hybridized carbons (Fsp3) is 0.250. The number of carboxylic acid groups (broad SMARTS) is 1. The van der Waals surface area contributed by atoms with Crippen molar-refractivity contribution in [2.45, 2.75) is 32.5 Å². The molecule has 1 unspecified atom stereocenters. The van der Waals surface area contributed by atoms with Crippen LogP contribution in [0.15, 0.2) is 71.1 Å². The molecule has 0 aromatic heterocycles. The number of carbonyl (C=O) groups excluding carboxylic acids is 1. The van der Waals surface area contributed by atoms with E-state index < -0.39 is 29.6 Å². The van der Waals surface area contributed by atoms with Gasteiger partial charge in [-0.05, 0) is 37.6 Å². The van der Waals surface area contributed by atoms with Crippen LogP contribution in [0.1, 0.15) is 36.5 Å². The molecule has 3 rings (SSSR count). The molecule has 174 valence electrons. The van der Waals surface area contributed by atoms with Crippen molar-refractivity contribution < 1.29 is 37.3 Å². The van der Waals surface area contributed by atoms with Crippen molar-refractivity contribution in [1.82, 2.24) is 5.32 Å². The lowest BCUT2D eigenvalue weighted by atomic mass is 9.80. The highest BCUT2D eigenvalue weighted by Gasteiger charge is 2.38. The van der Waals surface area contributed by atoms with E-state index in [-0.39, 0.29) is 29.1 Å². The summed E-state index contributed by atoms with van der Waals surface area (Å²) in [5.74, 6) is -2.70. The summed E-state index contributed by atoms with van der Waals surface area (Å²) >= 11 is 0. The van der Waals surface area contributed by atoms with Gasteiger partial charge in [-0.2, -0.15) is 13.2 Å². The van der Waals surface area contributed by atoms with Gasteiger partial charge in [-0.15, -0.1) is 0 Å². The number of para-hydroxylation sites is 1. The van der Waals surface area contributed by atoms with E-state index in [4.69, 9.17) is 9.47 Å². The highest BCUT2D eigenvalue weighted by molar-refractivity contribution is 5.99. The van der Waals surface area contributed by atoms with Crippen molar-refractivity contribution in [3.8, 4) is 5.75 Å². The Morgan fingerprint density at radius 2 is 1.70 bits per heavy atom. The van der Waals surface area contributed by atoms with Crippen molar-refractivity contribution >= 4 is 11.9 Å². The van der Waals surface area contributed by atoms with Crippen molar-refractivity contribution in [3.05, 3.63) is 87.8 Å². The normalized spacial score (nSPS) is 16.4. The lowest BCUT2D eigenvalue weighted by Gasteiger charge is -2.30. The molecule has 1 aliphatic rings. The number of hydrogen-bond acceptors (Lipinski definition) is 5. The first-order chi connectivity index (χ1) is 15.5. The summed E-state index contributed by atoms with van der Waals surface area (Å²) in [5.41, 5.74) is 0.699. The number of ether oxygens (including phenoxy) is 2. The Morgan fingerprint density at radius 1 is 1.03 bits per heavy atom. The molecule has 0 saturated heterocycles. The summed E-state index contributed by atoms with van der Waals surface area (Å²) in [7, 11) is 1.20. The molecule has 0 saturated carbocycles. The number of benzene rings is 2. The number of halogens is 3. The molecular formula is C24H22F3NO5. The standard InChI is InChI=1S/C24H22F3NO5/c1-13-19(22(29)30)21(20(14(2)28-13)23(31)32-3)17-9-4-5-10-18(17)33-12-15-7-6-8-16(11-15)24(25,26)27/h4-11,21,28H,12H2,1-3H3,(H,29,30). The summed E-state index contributed by atoms with van der Waals surface area (Å²) in [6.45, 7) is 3.03. The third-order valence-electron chi connectivity index (χ3n) is 5.27. The first kappa shape index (κ1) is 23.9. The Balaban J connectivity index is 2.04. The zero-order valence-corrected chi connectivity index (χ0v) is 18.1. The van der Waals surface area contributed by atoms with Gasteiger partial charge >= 0.3 is 18.1 Å². The molecule has 1 heterocycles. The zero-order chi connectivity index (χ0) is 24.3. The van der Waals surface area contributed by atoms with E-state index in [1.165, 1.54) is 19.2 Å². The maximum absolute atomic E-state index is 13.0. The Morgan fingerprint density at radius 3 is 2.33 bits per heavy atom. The first-order valence-electron chi connectivity index (χ1n) is 9.92. The van der Waals surface area contributed by atoms with Gasteiger partial charge in [0.25, 0.3) is 0 Å². The Labute approximate surface area is 188 Å². The van der Waals surface area contributed by atoms with Crippen LogP contribution in [0.25, 0.3) is 0 Å². The zero-order valence-electron chi connectivity index (χ0n) is 18.1. The van der Waals surface area contributed by atoms with E-state index in [9.17, 15) is 27.9 Å². The second-order valence-electron chi connectivity index (χ2n) is 7.46. The largest absolute Gasteiger partial charge is 0.489 e. The number of aliphatic carboxylic acids is 1. The highest BCUT2D eigenvalue weighted by Crippen LogP contribution is 2.42. The average Bonchev–Trinajstić information content (AvgIpc) is 2.76. The Hall–Kier alpha value is -3.75. The fourth-order valence-corrected chi connectivity index (χ4v) is 3.82. The Bertz CT molecular complexity index is 1150. The number of esters is 1. The van der Waals surface area contributed by atoms with E-state index in [1.807, 2.05) is 0 Å². The van der Waals surface area contributed by atoms with Gasteiger partial charge in [0.05, 0.1) is 29.7 Å². The predicted molar refractivity (Wildman–Crippen MR) is 113 cm³/mol. The van der Waals surface area contributed by atoms with E-state index in [2.05, 4.69) is 5.32 Å². The highest BCUT2D eigenvalue weighted by atomic mass is 19.4. The van der Waals surface area contributed by atoms with Gasteiger partial charge < -0.3 is 19.9 Å². The third kappa shape index (κ3) is 5.02. The number of alkyl halides is 3. The number of methoxy groups -OCH3 is 1. The van der Waals surface area contributed by atoms with Crippen LogP contribution in [0.3, 0.4) is 0 Å². The van der Waals surface area contributed by atoms with Crippen LogP contribution < -0.4 is 10.1 Å². The quantitative estimate of drug-likeness (QED) is 0.603. The van der Waals surface area contributed by atoms with Crippen LogP contribution in [0.5, 0.6) is 5.75 Å². The summed E-state index contributed by atoms with van der Waals surface area (Å²) in [6, 6.07) is 11.2. The SMILES string of the molecule is COC(=O)C1=C(C)NC(C)=C(C(=O)O)C1c1ccccc1OCc1cccc(C(F)(F)F)c1. The molecule has 33 heavy (non-hydrogen) atoms. The van der Waals surface area contributed by atoms with Crippen LogP contribution in [-0.4, -0.2) is 24.2 Å². The minimum absolute atomic E-state index is 0.0591. The molecule has 1 aliphatic heterocycles. The molecular weight excluding hydrogens is 439 g/mol. The molecule has 0 amide bonds. The summed E-state index contributed by atoms with van der Waals surface area (Å²) in [4.78, 5) is 24.7. The maximum Gasteiger partial charge on any atom is 0.416 e. The molecule has 9 heteroatoms. The van der Waals surface area contributed by atoms with Gasteiger partial charge in [0, 0.05) is 17.0 Å². The summed E-state index contributed by atoms with van der Waals surface area (Å²) < 4.78 is 49.8. The lowest BCUT2D eigenvalue weighted by molar-refractivity contribution is -0.138. The monoisotopic (exact) mass is 461 g/mol.